The van der Waals surface area contributed by atoms with Gasteiger partial charge < -0.3 is 0 Å². The second kappa shape index (κ2) is 3.17. The number of carbonyl (C=O) groups excluding carboxylic acids is 1. The number of carbonyl (C=O) groups is 1. The van der Waals surface area contributed by atoms with E-state index in [-0.39, 0.29) is 0 Å². The van der Waals surface area contributed by atoms with Crippen molar-refractivity contribution < 1.29 is 4.79 Å². The molecule has 0 amide bonds. The fourth-order valence-corrected chi connectivity index (χ4v) is 2.40. The Bertz CT molecular complexity index is 421. The van der Waals surface area contributed by atoms with Crippen LogP contribution in [-0.4, -0.2) is 23.3 Å². The third kappa shape index (κ3) is 1.49. The van der Waals surface area contributed by atoms with E-state index < -0.39 is 0 Å². The maximum atomic E-state index is 11.9. The lowest BCUT2D eigenvalue weighted by Crippen LogP contribution is -2.36. The van der Waals surface area contributed by atoms with E-state index in [4.69, 9.17) is 0 Å². The summed E-state index contributed by atoms with van der Waals surface area (Å²) in [5.74, 6) is 0.298. The molecule has 2 nitrogen and oxygen atoms in total. The van der Waals surface area contributed by atoms with E-state index in [0.717, 1.165) is 12.1 Å². The van der Waals surface area contributed by atoms with Crippen LogP contribution in [0.25, 0.3) is 0 Å². The Morgan fingerprint density at radius 1 is 1.27 bits per heavy atom. The van der Waals surface area contributed by atoms with Crippen molar-refractivity contribution in [1.29, 1.82) is 0 Å². The molecule has 0 atom stereocenters. The number of nitrogens with zero attached hydrogens (tertiary/aromatic N) is 1. The van der Waals surface area contributed by atoms with Crippen molar-refractivity contribution in [3.63, 3.8) is 0 Å². The van der Waals surface area contributed by atoms with Crippen molar-refractivity contribution in [2.75, 3.05) is 6.54 Å². The number of ketones is 1. The molecule has 2 heteroatoms. The van der Waals surface area contributed by atoms with Crippen LogP contribution in [0.1, 0.15) is 34.3 Å². The number of hydrogen-bond donors (Lipinski definition) is 0. The highest BCUT2D eigenvalue weighted by Gasteiger charge is 2.34. The number of hydrogen-bond acceptors (Lipinski definition) is 2. The summed E-state index contributed by atoms with van der Waals surface area (Å²) in [6.07, 6.45) is 2.54. The topological polar surface area (TPSA) is 20.3 Å². The molecule has 0 radical (unpaired) electrons. The Morgan fingerprint density at radius 3 is 2.80 bits per heavy atom. The second-order valence-corrected chi connectivity index (χ2v) is 4.66. The summed E-state index contributed by atoms with van der Waals surface area (Å²) in [5, 5.41) is 0. The highest BCUT2D eigenvalue weighted by molar-refractivity contribution is 6.00. The molecular formula is C13H15NO. The normalized spacial score (nSPS) is 21.5. The first-order valence-electron chi connectivity index (χ1n) is 5.61. The van der Waals surface area contributed by atoms with E-state index in [9.17, 15) is 4.79 Å². The fraction of sp³-hybridized carbons (Fsp3) is 0.462. The van der Waals surface area contributed by atoms with E-state index in [1.165, 1.54) is 24.0 Å². The SMILES string of the molecule is Cc1cccc2c1CN(C1CC1)CC2=O. The van der Waals surface area contributed by atoms with E-state index in [0.29, 0.717) is 18.4 Å². The first-order chi connectivity index (χ1) is 7.25. The number of benzene rings is 1. The summed E-state index contributed by atoms with van der Waals surface area (Å²) in [5.41, 5.74) is 3.46. The van der Waals surface area contributed by atoms with Crippen molar-refractivity contribution in [3.05, 3.63) is 34.9 Å². The van der Waals surface area contributed by atoms with Crippen molar-refractivity contribution in [2.45, 2.75) is 32.4 Å². The van der Waals surface area contributed by atoms with Crippen LogP contribution in [0.15, 0.2) is 18.2 Å². The van der Waals surface area contributed by atoms with Crippen molar-refractivity contribution in [1.82, 2.24) is 4.90 Å². The zero-order chi connectivity index (χ0) is 10.4. The second-order valence-electron chi connectivity index (χ2n) is 4.66. The minimum absolute atomic E-state index is 0.298. The van der Waals surface area contributed by atoms with Gasteiger partial charge in [0.05, 0.1) is 6.54 Å². The summed E-state index contributed by atoms with van der Waals surface area (Å²) in [4.78, 5) is 14.3. The molecule has 1 saturated carbocycles. The van der Waals surface area contributed by atoms with Gasteiger partial charge in [0, 0.05) is 18.2 Å². The first kappa shape index (κ1) is 9.10. The van der Waals surface area contributed by atoms with E-state index in [1.54, 1.807) is 0 Å². The highest BCUT2D eigenvalue weighted by atomic mass is 16.1. The molecule has 1 fully saturated rings. The van der Waals surface area contributed by atoms with Gasteiger partial charge in [-0.3, -0.25) is 9.69 Å². The zero-order valence-electron chi connectivity index (χ0n) is 8.99. The molecule has 0 saturated heterocycles. The lowest BCUT2D eigenvalue weighted by molar-refractivity contribution is 0.0893. The van der Waals surface area contributed by atoms with Gasteiger partial charge in [-0.15, -0.1) is 0 Å². The summed E-state index contributed by atoms with van der Waals surface area (Å²) in [6.45, 7) is 3.70. The van der Waals surface area contributed by atoms with Crippen LogP contribution in [0.4, 0.5) is 0 Å². The third-order valence-corrected chi connectivity index (χ3v) is 3.48. The van der Waals surface area contributed by atoms with Gasteiger partial charge in [-0.25, -0.2) is 0 Å². The summed E-state index contributed by atoms with van der Waals surface area (Å²) in [6, 6.07) is 6.73. The Hall–Kier alpha value is -1.15. The maximum Gasteiger partial charge on any atom is 0.177 e. The van der Waals surface area contributed by atoms with Gasteiger partial charge in [0.25, 0.3) is 0 Å². The largest absolute Gasteiger partial charge is 0.293 e. The Kier molecular flexibility index (Phi) is 1.93. The molecule has 1 aromatic rings. The van der Waals surface area contributed by atoms with Gasteiger partial charge in [0.15, 0.2) is 5.78 Å². The summed E-state index contributed by atoms with van der Waals surface area (Å²) < 4.78 is 0. The predicted octanol–water partition coefficient (Wildman–Crippen LogP) is 2.16. The van der Waals surface area contributed by atoms with Crippen LogP contribution in [-0.2, 0) is 6.54 Å². The molecule has 0 spiro atoms. The predicted molar refractivity (Wildman–Crippen MR) is 58.9 cm³/mol. The standard InChI is InChI=1S/C13H15NO/c1-9-3-2-4-11-12(9)7-14(8-13(11)15)10-5-6-10/h2-4,10H,5-8H2,1H3. The molecule has 0 N–H and O–H groups in total. The molecule has 15 heavy (non-hydrogen) atoms. The quantitative estimate of drug-likeness (QED) is 0.694. The molecule has 0 bridgehead atoms. The zero-order valence-corrected chi connectivity index (χ0v) is 8.99. The van der Waals surface area contributed by atoms with Gasteiger partial charge in [-0.05, 0) is 30.9 Å². The van der Waals surface area contributed by atoms with Gasteiger partial charge >= 0.3 is 0 Å². The van der Waals surface area contributed by atoms with Crippen molar-refractivity contribution >= 4 is 5.78 Å². The van der Waals surface area contributed by atoms with Crippen LogP contribution in [0.5, 0.6) is 0 Å². The molecule has 0 aromatic heterocycles. The average Bonchev–Trinajstić information content (AvgIpc) is 3.02. The number of Topliss-reactive ketones (excluding diaryl/α,β-unsaturated/α-hetero) is 1. The van der Waals surface area contributed by atoms with E-state index >= 15 is 0 Å². The Labute approximate surface area is 89.9 Å². The molecule has 3 rings (SSSR count). The monoisotopic (exact) mass is 201 g/mol. The smallest absolute Gasteiger partial charge is 0.177 e. The van der Waals surface area contributed by atoms with E-state index in [1.807, 2.05) is 12.1 Å². The Balaban J connectivity index is 2.01. The molecule has 78 valence electrons. The molecular weight excluding hydrogens is 186 g/mol. The van der Waals surface area contributed by atoms with Crippen LogP contribution < -0.4 is 0 Å². The third-order valence-electron chi connectivity index (χ3n) is 3.48. The summed E-state index contributed by atoms with van der Waals surface area (Å²) in [7, 11) is 0. The molecule has 1 aliphatic heterocycles. The van der Waals surface area contributed by atoms with Gasteiger partial charge in [-0.1, -0.05) is 18.2 Å². The van der Waals surface area contributed by atoms with Crippen molar-refractivity contribution in [2.24, 2.45) is 0 Å². The Morgan fingerprint density at radius 2 is 2.07 bits per heavy atom. The van der Waals surface area contributed by atoms with Gasteiger partial charge in [-0.2, -0.15) is 0 Å². The van der Waals surface area contributed by atoms with Crippen LogP contribution in [0.3, 0.4) is 0 Å². The summed E-state index contributed by atoms with van der Waals surface area (Å²) >= 11 is 0. The molecule has 0 unspecified atom stereocenters. The van der Waals surface area contributed by atoms with Crippen LogP contribution >= 0.6 is 0 Å². The minimum atomic E-state index is 0.298. The molecule has 1 aliphatic carbocycles. The van der Waals surface area contributed by atoms with Gasteiger partial charge in [0.2, 0.25) is 0 Å². The van der Waals surface area contributed by atoms with Gasteiger partial charge in [0.1, 0.15) is 0 Å². The van der Waals surface area contributed by atoms with Crippen molar-refractivity contribution in [3.8, 4) is 0 Å². The maximum absolute atomic E-state index is 11.9. The number of aryl methyl sites for hydroxylation is 1. The fourth-order valence-electron chi connectivity index (χ4n) is 2.40. The first-order valence-corrected chi connectivity index (χ1v) is 5.61. The lowest BCUT2D eigenvalue weighted by Gasteiger charge is -2.28. The van der Waals surface area contributed by atoms with E-state index in [2.05, 4.69) is 17.9 Å². The van der Waals surface area contributed by atoms with Crippen LogP contribution in [0.2, 0.25) is 0 Å². The van der Waals surface area contributed by atoms with Crippen LogP contribution in [0, 0.1) is 6.92 Å². The number of fused-ring (bicyclic) bond motifs is 1. The average molecular weight is 201 g/mol. The molecule has 1 aromatic carbocycles. The molecule has 1 heterocycles. The lowest BCUT2D eigenvalue weighted by atomic mass is 9.94. The highest BCUT2D eigenvalue weighted by Crippen LogP contribution is 2.32. The number of rotatable bonds is 1. The minimum Gasteiger partial charge on any atom is -0.293 e. The molecule has 2 aliphatic rings.